The molecule has 0 amide bonds. The second-order valence-electron chi connectivity index (χ2n) is 7.52. The molecule has 27 heavy (non-hydrogen) atoms. The molecule has 0 spiro atoms. The Kier molecular flexibility index (Phi) is 4.03. The summed E-state index contributed by atoms with van der Waals surface area (Å²) >= 11 is 0. The van der Waals surface area contributed by atoms with E-state index in [9.17, 15) is 4.79 Å². The molecule has 3 nitrogen and oxygen atoms in total. The van der Waals surface area contributed by atoms with Crippen LogP contribution in [0, 0.1) is 0 Å². The first-order valence-electron chi connectivity index (χ1n) is 9.26. The second-order valence-corrected chi connectivity index (χ2v) is 7.52. The molecule has 136 valence electrons. The van der Waals surface area contributed by atoms with Crippen LogP contribution in [0.4, 0.5) is 11.4 Å². The number of anilines is 2. The fourth-order valence-electron chi connectivity index (χ4n) is 4.32. The Balaban J connectivity index is 1.94. The summed E-state index contributed by atoms with van der Waals surface area (Å²) < 4.78 is 0. The molecule has 1 atom stereocenters. The van der Waals surface area contributed by atoms with Gasteiger partial charge in [0.05, 0.1) is 11.4 Å². The molecule has 0 heterocycles. The first-order valence-corrected chi connectivity index (χ1v) is 9.26. The topological polar surface area (TPSA) is 69.1 Å². The number of carbonyl (C=O) groups is 1. The van der Waals surface area contributed by atoms with Crippen LogP contribution in [-0.2, 0) is 6.42 Å². The first-order chi connectivity index (χ1) is 12.9. The van der Waals surface area contributed by atoms with E-state index in [0.29, 0.717) is 22.5 Å². The lowest BCUT2D eigenvalue weighted by atomic mass is 9.84. The number of fused-ring (bicyclic) bond motifs is 2. The number of allylic oxidation sites excluding steroid dienone is 5. The van der Waals surface area contributed by atoms with Gasteiger partial charge in [0.25, 0.3) is 0 Å². The van der Waals surface area contributed by atoms with Crippen LogP contribution in [0.15, 0.2) is 65.8 Å². The van der Waals surface area contributed by atoms with Crippen LogP contribution in [0.1, 0.15) is 53.2 Å². The van der Waals surface area contributed by atoms with Crippen molar-refractivity contribution in [1.82, 2.24) is 0 Å². The van der Waals surface area contributed by atoms with Crippen LogP contribution < -0.4 is 11.5 Å². The Bertz CT molecular complexity index is 1060. The maximum Gasteiger partial charge on any atom is 0.189 e. The van der Waals surface area contributed by atoms with Crippen molar-refractivity contribution in [2.24, 2.45) is 0 Å². The zero-order chi connectivity index (χ0) is 19.3. The van der Waals surface area contributed by atoms with Gasteiger partial charge in [0.1, 0.15) is 0 Å². The SMILES string of the molecule is C=C1C(=O)c2cc(N)c(N)cc2C1C1=C(C/C(C)=C\C)Cc2ccccc21. The number of Topliss-reactive ketones (excluding diaryl/α,β-unsaturated/α-hetero) is 1. The summed E-state index contributed by atoms with van der Waals surface area (Å²) in [5.41, 5.74) is 21.6. The first kappa shape index (κ1) is 17.3. The van der Waals surface area contributed by atoms with E-state index in [1.165, 1.54) is 27.8 Å². The summed E-state index contributed by atoms with van der Waals surface area (Å²) in [6.45, 7) is 8.37. The lowest BCUT2D eigenvalue weighted by molar-refractivity contribution is 0.103. The highest BCUT2D eigenvalue weighted by molar-refractivity contribution is 6.17. The minimum atomic E-state index is -0.154. The van der Waals surface area contributed by atoms with Gasteiger partial charge in [0.15, 0.2) is 5.78 Å². The molecule has 2 aliphatic rings. The number of hydrogen-bond acceptors (Lipinski definition) is 3. The molecule has 0 saturated carbocycles. The van der Waals surface area contributed by atoms with Crippen molar-refractivity contribution >= 4 is 22.7 Å². The molecule has 2 aromatic carbocycles. The molecule has 4 rings (SSSR count). The van der Waals surface area contributed by atoms with Crippen molar-refractivity contribution in [3.63, 3.8) is 0 Å². The predicted octanol–water partition coefficient (Wildman–Crippen LogP) is 5.05. The van der Waals surface area contributed by atoms with Gasteiger partial charge in [-0.2, -0.15) is 0 Å². The van der Waals surface area contributed by atoms with Gasteiger partial charge in [-0.25, -0.2) is 0 Å². The van der Waals surface area contributed by atoms with E-state index in [4.69, 9.17) is 11.5 Å². The Morgan fingerprint density at radius 2 is 1.89 bits per heavy atom. The molecule has 2 aromatic rings. The minimum absolute atomic E-state index is 0.0271. The Morgan fingerprint density at radius 3 is 2.63 bits per heavy atom. The zero-order valence-corrected chi connectivity index (χ0v) is 15.8. The average Bonchev–Trinajstić information content (AvgIpc) is 3.11. The largest absolute Gasteiger partial charge is 0.397 e. The van der Waals surface area contributed by atoms with Crippen LogP contribution in [0.25, 0.3) is 5.57 Å². The lowest BCUT2D eigenvalue weighted by Crippen LogP contribution is -2.04. The Hall–Kier alpha value is -3.07. The molecule has 3 heteroatoms. The number of hydrogen-bond donors (Lipinski definition) is 2. The van der Waals surface area contributed by atoms with Crippen molar-refractivity contribution in [3.05, 3.63) is 88.0 Å². The highest BCUT2D eigenvalue weighted by atomic mass is 16.1. The van der Waals surface area contributed by atoms with Crippen LogP contribution >= 0.6 is 0 Å². The van der Waals surface area contributed by atoms with E-state index in [-0.39, 0.29) is 11.7 Å². The fraction of sp³-hybridized carbons (Fsp3) is 0.208. The van der Waals surface area contributed by atoms with E-state index in [0.717, 1.165) is 18.4 Å². The molecule has 0 aromatic heterocycles. The molecule has 1 unspecified atom stereocenters. The molecule has 0 fully saturated rings. The third-order valence-corrected chi connectivity index (χ3v) is 5.82. The highest BCUT2D eigenvalue weighted by Crippen LogP contribution is 2.51. The molecular weight excluding hydrogens is 332 g/mol. The molecule has 0 bridgehead atoms. The maximum absolute atomic E-state index is 12.9. The third-order valence-electron chi connectivity index (χ3n) is 5.82. The van der Waals surface area contributed by atoms with Crippen molar-refractivity contribution in [2.75, 3.05) is 11.5 Å². The molecular formula is C24H24N2O. The minimum Gasteiger partial charge on any atom is -0.397 e. The quantitative estimate of drug-likeness (QED) is 0.459. The standard InChI is InChI=1S/C24H24N2O/c1-4-13(2)9-16-10-15-7-5-6-8-17(15)23(16)22-14(3)24(27)19-12-21(26)20(25)11-18(19)22/h4-8,11-12,22H,3,9-10,25-26H2,1-2H3/b13-4-. The zero-order valence-electron chi connectivity index (χ0n) is 15.8. The number of ketones is 1. The van der Waals surface area contributed by atoms with Gasteiger partial charge < -0.3 is 11.5 Å². The van der Waals surface area contributed by atoms with Gasteiger partial charge >= 0.3 is 0 Å². The Morgan fingerprint density at radius 1 is 1.19 bits per heavy atom. The number of carbonyl (C=O) groups excluding carboxylic acids is 1. The van der Waals surface area contributed by atoms with Gasteiger partial charge in [-0.1, -0.05) is 48.1 Å². The third kappa shape index (κ3) is 2.62. The predicted molar refractivity (Wildman–Crippen MR) is 113 cm³/mol. The second kappa shape index (κ2) is 6.27. The van der Waals surface area contributed by atoms with Crippen molar-refractivity contribution in [2.45, 2.75) is 32.6 Å². The smallest absolute Gasteiger partial charge is 0.189 e. The van der Waals surface area contributed by atoms with Gasteiger partial charge in [0, 0.05) is 17.1 Å². The number of benzene rings is 2. The van der Waals surface area contributed by atoms with E-state index in [1.807, 2.05) is 6.07 Å². The van der Waals surface area contributed by atoms with E-state index in [2.05, 4.69) is 50.8 Å². The van der Waals surface area contributed by atoms with Crippen LogP contribution in [0.5, 0.6) is 0 Å². The molecule has 0 saturated heterocycles. The maximum atomic E-state index is 12.9. The number of rotatable bonds is 3. The van der Waals surface area contributed by atoms with E-state index >= 15 is 0 Å². The van der Waals surface area contributed by atoms with E-state index < -0.39 is 0 Å². The fourth-order valence-corrected chi connectivity index (χ4v) is 4.32. The molecule has 2 aliphatic carbocycles. The molecule has 4 N–H and O–H groups in total. The van der Waals surface area contributed by atoms with Crippen LogP contribution in [-0.4, -0.2) is 5.78 Å². The normalized spacial score (nSPS) is 18.9. The summed E-state index contributed by atoms with van der Waals surface area (Å²) in [7, 11) is 0. The van der Waals surface area contributed by atoms with Gasteiger partial charge in [-0.05, 0) is 61.1 Å². The summed E-state index contributed by atoms with van der Waals surface area (Å²) in [6.07, 6.45) is 3.96. The highest BCUT2D eigenvalue weighted by Gasteiger charge is 2.39. The Labute approximate surface area is 160 Å². The molecule has 0 aliphatic heterocycles. The summed E-state index contributed by atoms with van der Waals surface area (Å²) in [5, 5.41) is 0. The summed E-state index contributed by atoms with van der Waals surface area (Å²) in [5.74, 6) is -0.181. The van der Waals surface area contributed by atoms with Crippen LogP contribution in [0.3, 0.4) is 0 Å². The van der Waals surface area contributed by atoms with Gasteiger partial charge in [0.2, 0.25) is 0 Å². The lowest BCUT2D eigenvalue weighted by Gasteiger charge is -2.19. The number of nitrogens with two attached hydrogens (primary N) is 2. The van der Waals surface area contributed by atoms with Gasteiger partial charge in [-0.3, -0.25) is 4.79 Å². The number of nitrogen functional groups attached to an aromatic ring is 2. The van der Waals surface area contributed by atoms with Crippen molar-refractivity contribution in [3.8, 4) is 0 Å². The average molecular weight is 356 g/mol. The summed E-state index contributed by atoms with van der Waals surface area (Å²) in [6, 6.07) is 12.0. The van der Waals surface area contributed by atoms with Crippen LogP contribution in [0.2, 0.25) is 0 Å². The van der Waals surface area contributed by atoms with Crippen molar-refractivity contribution < 1.29 is 4.79 Å². The molecule has 0 radical (unpaired) electrons. The van der Waals surface area contributed by atoms with Gasteiger partial charge in [-0.15, -0.1) is 0 Å². The van der Waals surface area contributed by atoms with E-state index in [1.54, 1.807) is 6.07 Å². The monoisotopic (exact) mass is 356 g/mol. The van der Waals surface area contributed by atoms with Crippen molar-refractivity contribution in [1.29, 1.82) is 0 Å². The summed E-state index contributed by atoms with van der Waals surface area (Å²) in [4.78, 5) is 12.9.